The molecule has 2 aliphatic rings. The molecular weight excluding hydrogens is 294 g/mol. The van der Waals surface area contributed by atoms with Crippen molar-refractivity contribution in [3.8, 4) is 0 Å². The first-order chi connectivity index (χ1) is 9.85. The van der Waals surface area contributed by atoms with Gasteiger partial charge in [0.25, 0.3) is 12.3 Å². The maximum atomic E-state index is 13.4. The van der Waals surface area contributed by atoms with Gasteiger partial charge in [-0.1, -0.05) is 0 Å². The van der Waals surface area contributed by atoms with Crippen LogP contribution in [0.2, 0.25) is 0 Å². The van der Waals surface area contributed by atoms with Gasteiger partial charge in [-0.2, -0.15) is 5.10 Å². The number of hydrogen-bond acceptors (Lipinski definition) is 5. The zero-order valence-corrected chi connectivity index (χ0v) is 11.6. The summed E-state index contributed by atoms with van der Waals surface area (Å²) in [7, 11) is 0. The van der Waals surface area contributed by atoms with E-state index in [2.05, 4.69) is 10.4 Å². The highest BCUT2D eigenvalue weighted by atomic mass is 19.3. The first-order valence-electron chi connectivity index (χ1n) is 6.84. The second-order valence-corrected chi connectivity index (χ2v) is 5.24. The Kier molecular flexibility index (Phi) is 5.05. The van der Waals surface area contributed by atoms with Crippen LogP contribution in [0.25, 0.3) is 0 Å². The Morgan fingerprint density at radius 3 is 2.81 bits per heavy atom. The SMILES string of the molecule is CCOC(O)C1C=NN(C2CNCC(F)(F)C2)C1C(F)F. The second-order valence-electron chi connectivity index (χ2n) is 5.24. The number of piperidine rings is 1. The zero-order chi connectivity index (χ0) is 15.6. The van der Waals surface area contributed by atoms with E-state index >= 15 is 0 Å². The summed E-state index contributed by atoms with van der Waals surface area (Å²) < 4.78 is 58.3. The third-order valence-corrected chi connectivity index (χ3v) is 3.67. The number of ether oxygens (including phenoxy) is 1. The van der Waals surface area contributed by atoms with Crippen molar-refractivity contribution >= 4 is 6.21 Å². The molecule has 1 saturated heterocycles. The van der Waals surface area contributed by atoms with E-state index < -0.39 is 49.6 Å². The maximum absolute atomic E-state index is 13.4. The summed E-state index contributed by atoms with van der Waals surface area (Å²) in [5, 5.41) is 17.1. The monoisotopic (exact) mass is 313 g/mol. The molecule has 0 bridgehead atoms. The van der Waals surface area contributed by atoms with Crippen LogP contribution in [0.3, 0.4) is 0 Å². The van der Waals surface area contributed by atoms with Gasteiger partial charge in [0, 0.05) is 25.8 Å². The molecule has 2 rings (SSSR count). The topological polar surface area (TPSA) is 57.1 Å². The van der Waals surface area contributed by atoms with Gasteiger partial charge in [-0.05, 0) is 6.92 Å². The average molecular weight is 313 g/mol. The van der Waals surface area contributed by atoms with Crippen LogP contribution in [0.4, 0.5) is 17.6 Å². The molecule has 122 valence electrons. The normalized spacial score (nSPS) is 33.7. The standard InChI is InChI=1S/C12H19F4N3O2/c1-2-21-11(20)8-5-18-19(9(8)10(13)14)7-3-12(15,16)6-17-4-7/h5,7-11,17,20H,2-4,6H2,1H3. The molecule has 0 aliphatic carbocycles. The molecule has 0 aromatic rings. The summed E-state index contributed by atoms with van der Waals surface area (Å²) in [6, 6.07) is -2.31. The molecule has 0 saturated carbocycles. The van der Waals surface area contributed by atoms with Gasteiger partial charge in [0.15, 0.2) is 6.29 Å². The molecule has 0 aromatic carbocycles. The molecule has 5 nitrogen and oxygen atoms in total. The van der Waals surface area contributed by atoms with Crippen molar-refractivity contribution in [2.45, 2.75) is 44.1 Å². The lowest BCUT2D eigenvalue weighted by Crippen LogP contribution is -2.56. The lowest BCUT2D eigenvalue weighted by molar-refractivity contribution is -0.145. The summed E-state index contributed by atoms with van der Waals surface area (Å²) >= 11 is 0. The molecule has 0 radical (unpaired) electrons. The molecule has 2 N–H and O–H groups in total. The molecule has 4 unspecified atom stereocenters. The van der Waals surface area contributed by atoms with E-state index in [1.165, 1.54) is 0 Å². The number of aliphatic hydroxyl groups excluding tert-OH is 1. The van der Waals surface area contributed by atoms with Crippen LogP contribution in [-0.4, -0.2) is 66.7 Å². The lowest BCUT2D eigenvalue weighted by atomic mass is 9.97. The fraction of sp³-hybridized carbons (Fsp3) is 0.917. The molecule has 2 heterocycles. The molecular formula is C12H19F4N3O2. The van der Waals surface area contributed by atoms with E-state index in [1.54, 1.807) is 6.92 Å². The van der Waals surface area contributed by atoms with Crippen LogP contribution in [0.1, 0.15) is 13.3 Å². The van der Waals surface area contributed by atoms with Gasteiger partial charge < -0.3 is 15.2 Å². The molecule has 9 heteroatoms. The molecule has 0 amide bonds. The van der Waals surface area contributed by atoms with Crippen molar-refractivity contribution in [3.05, 3.63) is 0 Å². The Labute approximate surface area is 119 Å². The van der Waals surface area contributed by atoms with Crippen LogP contribution >= 0.6 is 0 Å². The zero-order valence-electron chi connectivity index (χ0n) is 11.6. The number of rotatable bonds is 5. The summed E-state index contributed by atoms with van der Waals surface area (Å²) in [4.78, 5) is 0. The summed E-state index contributed by atoms with van der Waals surface area (Å²) in [5.74, 6) is -4.00. The highest BCUT2D eigenvalue weighted by molar-refractivity contribution is 5.64. The van der Waals surface area contributed by atoms with Crippen molar-refractivity contribution in [1.29, 1.82) is 0 Å². The van der Waals surface area contributed by atoms with Crippen molar-refractivity contribution < 1.29 is 27.4 Å². The predicted octanol–water partition coefficient (Wildman–Crippen LogP) is 0.890. The summed E-state index contributed by atoms with van der Waals surface area (Å²) in [6.45, 7) is 1.46. The van der Waals surface area contributed by atoms with Gasteiger partial charge in [0.05, 0.1) is 18.5 Å². The Balaban J connectivity index is 2.11. The minimum atomic E-state index is -2.96. The minimum absolute atomic E-state index is 0.146. The number of nitrogens with one attached hydrogen (secondary N) is 1. The van der Waals surface area contributed by atoms with Gasteiger partial charge in [-0.15, -0.1) is 0 Å². The Hall–Kier alpha value is -0.930. The van der Waals surface area contributed by atoms with Gasteiger partial charge in [0.1, 0.15) is 6.04 Å². The average Bonchev–Trinajstić information content (AvgIpc) is 2.82. The van der Waals surface area contributed by atoms with Gasteiger partial charge >= 0.3 is 0 Å². The van der Waals surface area contributed by atoms with Gasteiger partial charge in [0.2, 0.25) is 0 Å². The lowest BCUT2D eigenvalue weighted by Gasteiger charge is -2.39. The molecule has 1 fully saturated rings. The molecule has 0 aromatic heterocycles. The van der Waals surface area contributed by atoms with Gasteiger partial charge in [-0.25, -0.2) is 17.6 Å². The molecule has 21 heavy (non-hydrogen) atoms. The van der Waals surface area contributed by atoms with Crippen molar-refractivity contribution in [3.63, 3.8) is 0 Å². The second kappa shape index (κ2) is 6.45. The molecule has 2 aliphatic heterocycles. The Bertz CT molecular complexity index is 384. The van der Waals surface area contributed by atoms with Crippen molar-refractivity contribution in [2.75, 3.05) is 19.7 Å². The summed E-state index contributed by atoms with van der Waals surface area (Å²) in [6.07, 6.45) is -3.65. The number of hydrogen-bond donors (Lipinski definition) is 2. The first kappa shape index (κ1) is 16.4. The van der Waals surface area contributed by atoms with E-state index in [0.29, 0.717) is 0 Å². The Morgan fingerprint density at radius 2 is 2.24 bits per heavy atom. The highest BCUT2D eigenvalue weighted by Gasteiger charge is 2.48. The van der Waals surface area contributed by atoms with E-state index in [0.717, 1.165) is 11.2 Å². The van der Waals surface area contributed by atoms with Crippen LogP contribution in [-0.2, 0) is 4.74 Å². The van der Waals surface area contributed by atoms with Crippen LogP contribution in [0.5, 0.6) is 0 Å². The van der Waals surface area contributed by atoms with Crippen LogP contribution in [0, 0.1) is 5.92 Å². The number of aliphatic hydroxyl groups is 1. The molecule has 4 atom stereocenters. The maximum Gasteiger partial charge on any atom is 0.262 e. The van der Waals surface area contributed by atoms with Crippen molar-refractivity contribution in [1.82, 2.24) is 10.3 Å². The smallest absolute Gasteiger partial charge is 0.262 e. The molecule has 0 spiro atoms. The third-order valence-electron chi connectivity index (χ3n) is 3.67. The number of alkyl halides is 4. The Morgan fingerprint density at radius 1 is 1.52 bits per heavy atom. The van der Waals surface area contributed by atoms with Gasteiger partial charge in [-0.3, -0.25) is 5.01 Å². The van der Waals surface area contributed by atoms with E-state index in [-0.39, 0.29) is 13.2 Å². The summed E-state index contributed by atoms with van der Waals surface area (Å²) in [5.41, 5.74) is 0. The number of halogens is 4. The third kappa shape index (κ3) is 3.64. The van der Waals surface area contributed by atoms with E-state index in [1.807, 2.05) is 0 Å². The first-order valence-corrected chi connectivity index (χ1v) is 6.84. The predicted molar refractivity (Wildman–Crippen MR) is 67.5 cm³/mol. The number of hydrazone groups is 1. The minimum Gasteiger partial charge on any atom is -0.367 e. The fourth-order valence-electron chi connectivity index (χ4n) is 2.74. The van der Waals surface area contributed by atoms with E-state index in [9.17, 15) is 22.7 Å². The van der Waals surface area contributed by atoms with Crippen molar-refractivity contribution in [2.24, 2.45) is 11.0 Å². The number of nitrogens with zero attached hydrogens (tertiary/aromatic N) is 2. The quantitative estimate of drug-likeness (QED) is 0.585. The van der Waals surface area contributed by atoms with Crippen LogP contribution < -0.4 is 5.32 Å². The fourth-order valence-corrected chi connectivity index (χ4v) is 2.74. The largest absolute Gasteiger partial charge is 0.367 e. The van der Waals surface area contributed by atoms with Crippen LogP contribution in [0.15, 0.2) is 5.10 Å². The van der Waals surface area contributed by atoms with E-state index in [4.69, 9.17) is 4.74 Å². The highest BCUT2D eigenvalue weighted by Crippen LogP contribution is 2.33.